The molecule has 0 spiro atoms. The fourth-order valence-electron chi connectivity index (χ4n) is 5.87. The van der Waals surface area contributed by atoms with Crippen molar-refractivity contribution in [1.29, 1.82) is 0 Å². The van der Waals surface area contributed by atoms with Crippen LogP contribution in [-0.4, -0.2) is 64.9 Å². The van der Waals surface area contributed by atoms with Gasteiger partial charge in [-0.25, -0.2) is 9.36 Å². The molecule has 3 unspecified atom stereocenters. The van der Waals surface area contributed by atoms with Crippen molar-refractivity contribution >= 4 is 25.7 Å². The molecule has 0 radical (unpaired) electrons. The molecule has 0 bridgehead atoms. The summed E-state index contributed by atoms with van der Waals surface area (Å²) in [6.07, 6.45) is 46.7. The first-order valence-electron chi connectivity index (χ1n) is 22.3. The molecule has 0 aromatic rings. The number of phosphoric ester groups is 1. The van der Waals surface area contributed by atoms with Gasteiger partial charge in [0.25, 0.3) is 0 Å². The molecule has 11 nitrogen and oxygen atoms in total. The van der Waals surface area contributed by atoms with E-state index in [1.807, 2.05) is 0 Å². The van der Waals surface area contributed by atoms with Crippen LogP contribution in [0.5, 0.6) is 0 Å². The number of ether oxygens (including phenoxy) is 1. The van der Waals surface area contributed by atoms with E-state index in [2.05, 4.69) is 79.9 Å². The predicted molar refractivity (Wildman–Crippen MR) is 235 cm³/mol. The molecular formula is C46H80NO10P. The Morgan fingerprint density at radius 2 is 1.00 bits per heavy atom. The number of carboxylic acid groups (broad SMARTS) is 1. The van der Waals surface area contributed by atoms with E-state index in [1.54, 1.807) is 0 Å². The monoisotopic (exact) mass is 838 g/mol. The Morgan fingerprint density at radius 3 is 1.50 bits per heavy atom. The smallest absolute Gasteiger partial charge is 0.472 e. The van der Waals surface area contributed by atoms with E-state index < -0.39 is 57.6 Å². The first-order valence-corrected chi connectivity index (χ1v) is 23.8. The number of aliphatic hydroxyl groups excluding tert-OH is 1. The van der Waals surface area contributed by atoms with Gasteiger partial charge in [-0.2, -0.15) is 0 Å². The molecule has 0 aliphatic rings. The zero-order valence-electron chi connectivity index (χ0n) is 36.1. The van der Waals surface area contributed by atoms with Crippen LogP contribution < -0.4 is 5.32 Å². The highest BCUT2D eigenvalue weighted by Crippen LogP contribution is 2.43. The normalized spacial score (nSPS) is 14.3. The first-order chi connectivity index (χ1) is 28.1. The maximum Gasteiger partial charge on any atom is 0.472 e. The van der Waals surface area contributed by atoms with Gasteiger partial charge >= 0.3 is 19.8 Å². The van der Waals surface area contributed by atoms with Crippen molar-refractivity contribution in [2.45, 2.75) is 193 Å². The summed E-state index contributed by atoms with van der Waals surface area (Å²) in [5.41, 5.74) is 0. The first kappa shape index (κ1) is 55.2. The molecule has 0 aliphatic heterocycles. The Balaban J connectivity index is 3.92. The quantitative estimate of drug-likeness (QED) is 0.0201. The second-order valence-electron chi connectivity index (χ2n) is 14.9. The highest BCUT2D eigenvalue weighted by atomic mass is 31.2. The van der Waals surface area contributed by atoms with Crippen LogP contribution in [0.2, 0.25) is 0 Å². The summed E-state index contributed by atoms with van der Waals surface area (Å²) in [6, 6.07) is -1.55. The number of unbranched alkanes of at least 4 members (excludes halogenated alkanes) is 17. The van der Waals surface area contributed by atoms with Crippen LogP contribution in [0.1, 0.15) is 181 Å². The molecule has 12 heteroatoms. The lowest BCUT2D eigenvalue weighted by Gasteiger charge is -2.18. The van der Waals surface area contributed by atoms with Gasteiger partial charge in [0.2, 0.25) is 5.91 Å². The van der Waals surface area contributed by atoms with Crippen LogP contribution in [0.25, 0.3) is 0 Å². The molecule has 0 fully saturated rings. The molecule has 0 rings (SSSR count). The van der Waals surface area contributed by atoms with Gasteiger partial charge in [0.05, 0.1) is 13.2 Å². The number of hydrogen-bond donors (Lipinski definition) is 4. The lowest BCUT2D eigenvalue weighted by Crippen LogP contribution is -2.43. The minimum Gasteiger partial charge on any atom is -0.480 e. The second kappa shape index (κ2) is 40.9. The van der Waals surface area contributed by atoms with Crippen molar-refractivity contribution in [3.05, 3.63) is 60.8 Å². The molecule has 0 heterocycles. The van der Waals surface area contributed by atoms with Gasteiger partial charge in [-0.1, -0.05) is 171 Å². The number of aliphatic carboxylic acids is 1. The second-order valence-corrected chi connectivity index (χ2v) is 16.3. The molecule has 4 N–H and O–H groups in total. The molecule has 0 aromatic heterocycles. The van der Waals surface area contributed by atoms with Gasteiger partial charge in [-0.15, -0.1) is 0 Å². The number of phosphoric acid groups is 1. The van der Waals surface area contributed by atoms with Crippen LogP contribution >= 0.6 is 7.82 Å². The van der Waals surface area contributed by atoms with E-state index in [1.165, 1.54) is 57.8 Å². The fourth-order valence-corrected chi connectivity index (χ4v) is 6.64. The molecule has 0 aromatic carbocycles. The molecule has 334 valence electrons. The van der Waals surface area contributed by atoms with Gasteiger partial charge in [-0.3, -0.25) is 18.6 Å². The van der Waals surface area contributed by atoms with Crippen molar-refractivity contribution in [3.8, 4) is 0 Å². The zero-order valence-corrected chi connectivity index (χ0v) is 37.0. The number of amides is 1. The van der Waals surface area contributed by atoms with Crippen molar-refractivity contribution in [2.24, 2.45) is 0 Å². The number of hydrogen-bond acceptors (Lipinski definition) is 8. The lowest BCUT2D eigenvalue weighted by atomic mass is 10.0. The summed E-state index contributed by atoms with van der Waals surface area (Å²) in [6.45, 7) is 2.45. The molecular weight excluding hydrogens is 757 g/mol. The molecule has 3 atom stereocenters. The molecule has 1 amide bonds. The molecule has 0 aliphatic carbocycles. The highest BCUT2D eigenvalue weighted by molar-refractivity contribution is 7.47. The van der Waals surface area contributed by atoms with Gasteiger partial charge in [-0.05, 0) is 57.8 Å². The van der Waals surface area contributed by atoms with Crippen molar-refractivity contribution in [2.75, 3.05) is 19.8 Å². The maximum absolute atomic E-state index is 12.3. The lowest BCUT2D eigenvalue weighted by molar-refractivity contribution is -0.147. The molecule has 58 heavy (non-hydrogen) atoms. The summed E-state index contributed by atoms with van der Waals surface area (Å²) in [4.78, 5) is 45.9. The van der Waals surface area contributed by atoms with E-state index in [0.29, 0.717) is 12.8 Å². The Bertz CT molecular complexity index is 1210. The average molecular weight is 838 g/mol. The number of carboxylic acids is 1. The van der Waals surface area contributed by atoms with Crippen molar-refractivity contribution in [1.82, 2.24) is 5.32 Å². The summed E-state index contributed by atoms with van der Waals surface area (Å²) in [5, 5.41) is 21.8. The number of carbonyl (C=O) groups is 3. The fraction of sp³-hybridized carbons (Fsp3) is 0.717. The van der Waals surface area contributed by atoms with E-state index in [-0.39, 0.29) is 12.8 Å². The van der Waals surface area contributed by atoms with Crippen molar-refractivity contribution < 1.29 is 47.8 Å². The minimum atomic E-state index is -4.76. The Labute approximate surface area is 351 Å². The van der Waals surface area contributed by atoms with E-state index >= 15 is 0 Å². The number of esters is 1. The van der Waals surface area contributed by atoms with Gasteiger partial charge < -0.3 is 25.2 Å². The SMILES string of the molecule is CC/C=C\C/C=C\C/C=C\C/C=C\C/C=C\CCCCCCCC(=O)OCC(O)COP(=O)(O)OCC(NC(=O)CCCCCCCCCCCCCCC)C(=O)O. The minimum absolute atomic E-state index is 0.145. The third-order valence-electron chi connectivity index (χ3n) is 9.32. The highest BCUT2D eigenvalue weighted by Gasteiger charge is 2.28. The number of carbonyl (C=O) groups excluding carboxylic acids is 2. The number of aliphatic hydroxyl groups is 1. The predicted octanol–water partition coefficient (Wildman–Crippen LogP) is 11.6. The van der Waals surface area contributed by atoms with Gasteiger partial charge in [0.1, 0.15) is 12.7 Å². The van der Waals surface area contributed by atoms with Gasteiger partial charge in [0, 0.05) is 12.8 Å². The summed E-state index contributed by atoms with van der Waals surface area (Å²) in [5.74, 6) is -2.39. The Morgan fingerprint density at radius 1 is 0.569 bits per heavy atom. The molecule has 0 saturated heterocycles. The number of rotatable bonds is 41. The standard InChI is InChI=1S/C46H80NO10P/c1-3-5-7-9-11-13-15-17-18-19-20-21-22-23-24-26-28-30-32-34-36-38-45(50)55-39-42(48)40-56-58(53,54)57-41-43(46(51)52)47-44(49)37-35-33-31-29-27-25-16-14-12-10-8-6-4-2/h5,7,11,13,17-18,20-21,23-24,42-43,48H,3-4,6,8-10,12,14-16,19,22,25-41H2,1-2H3,(H,47,49)(H,51,52)(H,53,54)/b7-5-,13-11-,18-17-,21-20-,24-23-. The Hall–Kier alpha value is -2.82. The van der Waals surface area contributed by atoms with Gasteiger partial charge in [0.15, 0.2) is 6.04 Å². The Kier molecular flexibility index (Phi) is 38.9. The van der Waals surface area contributed by atoms with Crippen LogP contribution in [0.15, 0.2) is 60.8 Å². The molecule has 0 saturated carbocycles. The number of allylic oxidation sites excluding steroid dienone is 10. The van der Waals surface area contributed by atoms with E-state index in [0.717, 1.165) is 83.5 Å². The summed E-state index contributed by atoms with van der Waals surface area (Å²) in [7, 11) is -4.76. The summed E-state index contributed by atoms with van der Waals surface area (Å²) < 4.78 is 26.8. The van der Waals surface area contributed by atoms with Crippen LogP contribution in [0.3, 0.4) is 0 Å². The van der Waals surface area contributed by atoms with Crippen molar-refractivity contribution in [3.63, 3.8) is 0 Å². The third-order valence-corrected chi connectivity index (χ3v) is 10.3. The maximum atomic E-state index is 12.3. The van der Waals surface area contributed by atoms with E-state index in [9.17, 15) is 34.1 Å². The largest absolute Gasteiger partial charge is 0.480 e. The van der Waals surface area contributed by atoms with Crippen LogP contribution in [0.4, 0.5) is 0 Å². The zero-order chi connectivity index (χ0) is 42.8. The van der Waals surface area contributed by atoms with Crippen LogP contribution in [0, 0.1) is 0 Å². The average Bonchev–Trinajstić information content (AvgIpc) is 3.20. The topological polar surface area (TPSA) is 169 Å². The van der Waals surface area contributed by atoms with Crippen LogP contribution in [-0.2, 0) is 32.7 Å². The summed E-state index contributed by atoms with van der Waals surface area (Å²) >= 11 is 0. The number of nitrogens with one attached hydrogen (secondary N) is 1. The van der Waals surface area contributed by atoms with E-state index in [4.69, 9.17) is 13.8 Å². The third kappa shape index (κ3) is 40.0.